The van der Waals surface area contributed by atoms with E-state index in [0.717, 1.165) is 35.9 Å². The largest absolute Gasteiger partial charge is 0.342 e. The highest BCUT2D eigenvalue weighted by atomic mass is 16.2. The standard InChI is InChI=1S/C26H26N2O/c1-26-16-15-25(29)28(2)24(26)14-10-20-17-18(8-13-22(20)26)7-11-21-12-9-19-5-3-4-6-23(19)27-21/h3-9,11-13,17,24H,10,14-16H2,1-2H3/b11-7+/t24-,26-/m1/s1. The maximum Gasteiger partial charge on any atom is 0.222 e. The molecule has 0 unspecified atom stereocenters. The van der Waals surface area contributed by atoms with Gasteiger partial charge in [0.15, 0.2) is 0 Å². The number of carbonyl (C=O) groups is 1. The number of rotatable bonds is 2. The van der Waals surface area contributed by atoms with Gasteiger partial charge in [-0.1, -0.05) is 55.5 Å². The summed E-state index contributed by atoms with van der Waals surface area (Å²) < 4.78 is 0. The molecule has 1 fully saturated rings. The second kappa shape index (κ2) is 6.84. The van der Waals surface area contributed by atoms with Gasteiger partial charge in [-0.15, -0.1) is 0 Å². The lowest BCUT2D eigenvalue weighted by Crippen LogP contribution is -2.56. The first-order valence-electron chi connectivity index (χ1n) is 10.5. The summed E-state index contributed by atoms with van der Waals surface area (Å²) in [6.07, 6.45) is 7.92. The van der Waals surface area contributed by atoms with Crippen LogP contribution in [0.25, 0.3) is 23.1 Å². The number of para-hydroxylation sites is 1. The summed E-state index contributed by atoms with van der Waals surface area (Å²) in [5.74, 6) is 0.290. The Balaban J connectivity index is 1.44. The fourth-order valence-corrected chi connectivity index (χ4v) is 5.27. The van der Waals surface area contributed by atoms with Gasteiger partial charge in [-0.2, -0.15) is 0 Å². The average molecular weight is 383 g/mol. The van der Waals surface area contributed by atoms with Crippen molar-refractivity contribution >= 4 is 29.0 Å². The van der Waals surface area contributed by atoms with Crippen LogP contribution in [0.5, 0.6) is 0 Å². The van der Waals surface area contributed by atoms with Crippen molar-refractivity contribution in [3.63, 3.8) is 0 Å². The summed E-state index contributed by atoms with van der Waals surface area (Å²) in [6.45, 7) is 2.34. The summed E-state index contributed by atoms with van der Waals surface area (Å²) in [5, 5.41) is 1.16. The second-order valence-electron chi connectivity index (χ2n) is 8.66. The van der Waals surface area contributed by atoms with Crippen molar-refractivity contribution in [3.05, 3.63) is 77.0 Å². The smallest absolute Gasteiger partial charge is 0.222 e. The molecular weight excluding hydrogens is 356 g/mol. The van der Waals surface area contributed by atoms with Crippen LogP contribution in [0.2, 0.25) is 0 Å². The zero-order valence-electron chi connectivity index (χ0n) is 17.1. The van der Waals surface area contributed by atoms with Crippen molar-refractivity contribution < 1.29 is 4.79 Å². The van der Waals surface area contributed by atoms with E-state index in [2.05, 4.69) is 61.5 Å². The molecule has 3 aromatic rings. The molecule has 1 aliphatic heterocycles. The van der Waals surface area contributed by atoms with E-state index in [1.54, 1.807) is 0 Å². The van der Waals surface area contributed by atoms with Crippen LogP contribution < -0.4 is 0 Å². The van der Waals surface area contributed by atoms with Gasteiger partial charge in [0.1, 0.15) is 0 Å². The van der Waals surface area contributed by atoms with Crippen molar-refractivity contribution in [2.24, 2.45) is 0 Å². The van der Waals surface area contributed by atoms with Crippen LogP contribution in [0.4, 0.5) is 0 Å². The summed E-state index contributed by atoms with van der Waals surface area (Å²) >= 11 is 0. The first-order valence-corrected chi connectivity index (χ1v) is 10.5. The molecule has 3 heteroatoms. The molecule has 1 aromatic heterocycles. The van der Waals surface area contributed by atoms with Gasteiger partial charge in [0.05, 0.1) is 11.2 Å². The number of nitrogens with zero attached hydrogens (tertiary/aromatic N) is 2. The molecule has 2 aromatic carbocycles. The van der Waals surface area contributed by atoms with Crippen LogP contribution in [0.15, 0.2) is 54.6 Å². The number of likely N-dealkylation sites (N-methyl/N-ethyl adjacent to an activating group) is 1. The molecule has 146 valence electrons. The Bertz CT molecular complexity index is 1130. The lowest BCUT2D eigenvalue weighted by atomic mass is 9.63. The Morgan fingerprint density at radius 3 is 2.83 bits per heavy atom. The van der Waals surface area contributed by atoms with Crippen LogP contribution in [-0.2, 0) is 16.6 Å². The van der Waals surface area contributed by atoms with E-state index >= 15 is 0 Å². The molecule has 0 radical (unpaired) electrons. The number of benzene rings is 2. The molecule has 0 spiro atoms. The number of likely N-dealkylation sites (tertiary alicyclic amines) is 1. The van der Waals surface area contributed by atoms with Gasteiger partial charge < -0.3 is 4.90 Å². The van der Waals surface area contributed by atoms with Crippen molar-refractivity contribution in [1.82, 2.24) is 9.88 Å². The minimum Gasteiger partial charge on any atom is -0.342 e. The third-order valence-corrected chi connectivity index (χ3v) is 6.95. The molecule has 2 atom stereocenters. The fourth-order valence-electron chi connectivity index (χ4n) is 5.27. The van der Waals surface area contributed by atoms with Gasteiger partial charge in [0.2, 0.25) is 5.91 Å². The van der Waals surface area contributed by atoms with Crippen LogP contribution >= 0.6 is 0 Å². The van der Waals surface area contributed by atoms with E-state index in [1.165, 1.54) is 16.7 Å². The SMILES string of the molecule is CN1C(=O)CC[C@]2(C)c3ccc(/C=C/c4ccc5ccccc5n4)cc3CC[C@@H]12. The van der Waals surface area contributed by atoms with Gasteiger partial charge in [-0.3, -0.25) is 4.79 Å². The van der Waals surface area contributed by atoms with Crippen molar-refractivity contribution in [2.45, 2.75) is 44.1 Å². The number of aromatic nitrogens is 1. The van der Waals surface area contributed by atoms with Gasteiger partial charge >= 0.3 is 0 Å². The first-order chi connectivity index (χ1) is 14.0. The predicted octanol–water partition coefficient (Wildman–Crippen LogP) is 5.23. The van der Waals surface area contributed by atoms with Crippen LogP contribution in [0.1, 0.15) is 48.6 Å². The maximum absolute atomic E-state index is 12.2. The number of aryl methyl sites for hydroxylation is 1. The molecule has 1 aliphatic carbocycles. The summed E-state index contributed by atoms with van der Waals surface area (Å²) in [6, 6.07) is 19.5. The maximum atomic E-state index is 12.2. The zero-order chi connectivity index (χ0) is 20.0. The molecule has 0 saturated carbocycles. The first kappa shape index (κ1) is 18.1. The van der Waals surface area contributed by atoms with Gasteiger partial charge in [-0.05, 0) is 54.2 Å². The number of piperidine rings is 1. The van der Waals surface area contributed by atoms with Gasteiger partial charge in [0.25, 0.3) is 0 Å². The van der Waals surface area contributed by atoms with Crippen molar-refractivity contribution in [3.8, 4) is 0 Å². The van der Waals surface area contributed by atoms with Crippen LogP contribution in [0.3, 0.4) is 0 Å². The Hall–Kier alpha value is -2.94. The van der Waals surface area contributed by atoms with E-state index in [1.807, 2.05) is 24.1 Å². The Morgan fingerprint density at radius 2 is 1.93 bits per heavy atom. The number of hydrogen-bond acceptors (Lipinski definition) is 2. The summed E-state index contributed by atoms with van der Waals surface area (Å²) in [7, 11) is 1.98. The lowest BCUT2D eigenvalue weighted by molar-refractivity contribution is -0.138. The van der Waals surface area contributed by atoms with Crippen molar-refractivity contribution in [2.75, 3.05) is 7.05 Å². The van der Waals surface area contributed by atoms with E-state index in [-0.39, 0.29) is 5.41 Å². The van der Waals surface area contributed by atoms with E-state index in [4.69, 9.17) is 4.98 Å². The highest BCUT2D eigenvalue weighted by Gasteiger charge is 2.46. The topological polar surface area (TPSA) is 33.2 Å². The van der Waals surface area contributed by atoms with Gasteiger partial charge in [0, 0.05) is 30.3 Å². The number of amides is 1. The minimum absolute atomic E-state index is 0.0678. The molecule has 2 aliphatic rings. The fraction of sp³-hybridized carbons (Fsp3) is 0.308. The van der Waals surface area contributed by atoms with Gasteiger partial charge in [-0.25, -0.2) is 4.98 Å². The molecule has 5 rings (SSSR count). The highest BCUT2D eigenvalue weighted by Crippen LogP contribution is 2.45. The van der Waals surface area contributed by atoms with E-state index in [9.17, 15) is 4.79 Å². The molecule has 1 saturated heterocycles. The van der Waals surface area contributed by atoms with E-state index in [0.29, 0.717) is 18.4 Å². The van der Waals surface area contributed by atoms with Crippen LogP contribution in [-0.4, -0.2) is 28.9 Å². The molecule has 29 heavy (non-hydrogen) atoms. The predicted molar refractivity (Wildman–Crippen MR) is 119 cm³/mol. The molecular formula is C26H26N2O. The van der Waals surface area contributed by atoms with Crippen molar-refractivity contribution in [1.29, 1.82) is 0 Å². The molecule has 0 N–H and O–H groups in total. The molecule has 0 bridgehead atoms. The zero-order valence-corrected chi connectivity index (χ0v) is 17.1. The number of hydrogen-bond donors (Lipinski definition) is 0. The number of pyridine rings is 1. The summed E-state index contributed by atoms with van der Waals surface area (Å²) in [4.78, 5) is 18.9. The third-order valence-electron chi connectivity index (χ3n) is 6.95. The highest BCUT2D eigenvalue weighted by molar-refractivity contribution is 5.81. The Kier molecular flexibility index (Phi) is 4.27. The average Bonchev–Trinajstić information content (AvgIpc) is 2.75. The Morgan fingerprint density at radius 1 is 1.07 bits per heavy atom. The second-order valence-corrected chi connectivity index (χ2v) is 8.66. The minimum atomic E-state index is 0.0678. The third kappa shape index (κ3) is 3.05. The number of fused-ring (bicyclic) bond motifs is 4. The Labute approximate surface area is 172 Å². The lowest BCUT2D eigenvalue weighted by Gasteiger charge is -2.50. The molecule has 1 amide bonds. The quantitative estimate of drug-likeness (QED) is 0.608. The van der Waals surface area contributed by atoms with Crippen LogP contribution in [0, 0.1) is 0 Å². The molecule has 3 nitrogen and oxygen atoms in total. The monoisotopic (exact) mass is 382 g/mol. The summed E-state index contributed by atoms with van der Waals surface area (Å²) in [5.41, 5.74) is 6.13. The molecule has 2 heterocycles. The number of carbonyl (C=O) groups excluding carboxylic acids is 1. The van der Waals surface area contributed by atoms with E-state index < -0.39 is 0 Å². The normalized spacial score (nSPS) is 24.0.